The first-order chi connectivity index (χ1) is 7.41. The van der Waals surface area contributed by atoms with Crippen molar-refractivity contribution in [3.05, 3.63) is 31.2 Å². The highest BCUT2D eigenvalue weighted by Gasteiger charge is 1.83. The maximum atomic E-state index is 3.84. The van der Waals surface area contributed by atoms with E-state index in [2.05, 4.69) is 38.2 Å². The van der Waals surface area contributed by atoms with E-state index in [1.165, 1.54) is 44.9 Å². The van der Waals surface area contributed by atoms with Crippen molar-refractivity contribution in [1.82, 2.24) is 0 Å². The van der Waals surface area contributed by atoms with E-state index >= 15 is 0 Å². The average Bonchev–Trinajstić information content (AvgIpc) is 2.26. The van der Waals surface area contributed by atoms with Crippen molar-refractivity contribution in [1.29, 1.82) is 0 Å². The van der Waals surface area contributed by atoms with Crippen LogP contribution in [-0.2, 0) is 0 Å². The minimum absolute atomic E-state index is 1.09. The summed E-state index contributed by atoms with van der Waals surface area (Å²) in [4.78, 5) is 0. The van der Waals surface area contributed by atoms with Gasteiger partial charge in [-0.3, -0.25) is 0 Å². The fraction of sp³-hybridized carbons (Fsp3) is 0.667. The molecule has 0 unspecified atom stereocenters. The van der Waals surface area contributed by atoms with Crippen LogP contribution in [0, 0.1) is 6.92 Å². The predicted octanol–water partition coefficient (Wildman–Crippen LogP) is 5.46. The summed E-state index contributed by atoms with van der Waals surface area (Å²) >= 11 is 0. The van der Waals surface area contributed by atoms with E-state index in [9.17, 15) is 0 Å². The summed E-state index contributed by atoms with van der Waals surface area (Å²) in [7, 11) is 0. The van der Waals surface area contributed by atoms with Crippen LogP contribution in [0.15, 0.2) is 24.3 Å². The van der Waals surface area contributed by atoms with Gasteiger partial charge in [0.2, 0.25) is 0 Å². The Morgan fingerprint density at radius 1 is 0.800 bits per heavy atom. The molecule has 0 nitrogen and oxygen atoms in total. The Hall–Kier alpha value is -0.520. The summed E-state index contributed by atoms with van der Waals surface area (Å²) in [5, 5.41) is 0. The molecule has 0 heterocycles. The summed E-state index contributed by atoms with van der Waals surface area (Å²) in [6.45, 7) is 6.08. The molecular formula is C15H27. The van der Waals surface area contributed by atoms with E-state index in [4.69, 9.17) is 0 Å². The number of hydrogen-bond donors (Lipinski definition) is 0. The van der Waals surface area contributed by atoms with Gasteiger partial charge in [0.25, 0.3) is 0 Å². The van der Waals surface area contributed by atoms with E-state index < -0.39 is 0 Å². The lowest BCUT2D eigenvalue weighted by molar-refractivity contribution is 0.694. The molecule has 0 rings (SSSR count). The SMILES string of the molecule is [CH2]CCCCCC=CCC=CCCCC. The average molecular weight is 207 g/mol. The van der Waals surface area contributed by atoms with Crippen LogP contribution < -0.4 is 0 Å². The highest BCUT2D eigenvalue weighted by Crippen LogP contribution is 2.03. The van der Waals surface area contributed by atoms with Crippen LogP contribution in [0.5, 0.6) is 0 Å². The second kappa shape index (κ2) is 13.5. The first kappa shape index (κ1) is 14.5. The molecule has 0 aromatic rings. The van der Waals surface area contributed by atoms with E-state index in [1.54, 1.807) is 0 Å². The smallest absolute Gasteiger partial charge is 0.0169 e. The molecule has 0 saturated heterocycles. The van der Waals surface area contributed by atoms with Gasteiger partial charge in [-0.2, -0.15) is 0 Å². The van der Waals surface area contributed by atoms with Gasteiger partial charge >= 0.3 is 0 Å². The molecule has 0 aromatic heterocycles. The molecule has 1 radical (unpaired) electrons. The lowest BCUT2D eigenvalue weighted by Gasteiger charge is -1.93. The van der Waals surface area contributed by atoms with Gasteiger partial charge in [-0.05, 0) is 25.7 Å². The molecule has 0 atom stereocenters. The minimum atomic E-state index is 1.09. The lowest BCUT2D eigenvalue weighted by atomic mass is 10.1. The van der Waals surface area contributed by atoms with Crippen molar-refractivity contribution in [2.24, 2.45) is 0 Å². The van der Waals surface area contributed by atoms with Crippen LogP contribution in [0.1, 0.15) is 64.7 Å². The molecule has 0 aromatic carbocycles. The Balaban J connectivity index is 3.13. The Bertz CT molecular complexity index is 153. The Morgan fingerprint density at radius 2 is 1.47 bits per heavy atom. The van der Waals surface area contributed by atoms with Gasteiger partial charge < -0.3 is 0 Å². The lowest BCUT2D eigenvalue weighted by Crippen LogP contribution is -1.73. The van der Waals surface area contributed by atoms with Crippen LogP contribution in [-0.4, -0.2) is 0 Å². The molecule has 0 aliphatic carbocycles. The monoisotopic (exact) mass is 207 g/mol. The topological polar surface area (TPSA) is 0 Å². The summed E-state index contributed by atoms with van der Waals surface area (Å²) in [6, 6.07) is 0. The molecule has 0 aliphatic rings. The predicted molar refractivity (Wildman–Crippen MR) is 70.9 cm³/mol. The maximum absolute atomic E-state index is 3.84. The molecule has 87 valence electrons. The van der Waals surface area contributed by atoms with E-state index in [0.29, 0.717) is 0 Å². The van der Waals surface area contributed by atoms with Gasteiger partial charge in [0, 0.05) is 0 Å². The Morgan fingerprint density at radius 3 is 2.07 bits per heavy atom. The van der Waals surface area contributed by atoms with Crippen molar-refractivity contribution in [2.75, 3.05) is 0 Å². The highest BCUT2D eigenvalue weighted by atomic mass is 13.9. The molecule has 0 amide bonds. The Labute approximate surface area is 96.5 Å². The largest absolute Gasteiger partial charge is 0.0882 e. The molecule has 0 N–H and O–H groups in total. The fourth-order valence-electron chi connectivity index (χ4n) is 1.44. The third kappa shape index (κ3) is 13.5. The first-order valence-electron chi connectivity index (χ1n) is 6.51. The molecule has 0 spiro atoms. The van der Waals surface area contributed by atoms with E-state index in [0.717, 1.165) is 12.8 Å². The van der Waals surface area contributed by atoms with Crippen LogP contribution in [0.4, 0.5) is 0 Å². The van der Waals surface area contributed by atoms with Crippen molar-refractivity contribution >= 4 is 0 Å². The summed E-state index contributed by atoms with van der Waals surface area (Å²) in [5.41, 5.74) is 0. The van der Waals surface area contributed by atoms with Gasteiger partial charge in [-0.25, -0.2) is 0 Å². The zero-order valence-electron chi connectivity index (χ0n) is 10.4. The Kier molecular flexibility index (Phi) is 13.0. The zero-order valence-corrected chi connectivity index (χ0v) is 10.4. The van der Waals surface area contributed by atoms with E-state index in [-0.39, 0.29) is 0 Å². The molecule has 15 heavy (non-hydrogen) atoms. The van der Waals surface area contributed by atoms with Crippen LogP contribution in [0.25, 0.3) is 0 Å². The molecule has 0 heteroatoms. The van der Waals surface area contributed by atoms with Gasteiger partial charge in [0.1, 0.15) is 0 Å². The minimum Gasteiger partial charge on any atom is -0.0882 e. The number of rotatable bonds is 10. The van der Waals surface area contributed by atoms with Gasteiger partial charge in [0.15, 0.2) is 0 Å². The summed E-state index contributed by atoms with van der Waals surface area (Å²) in [5.74, 6) is 0. The van der Waals surface area contributed by atoms with Gasteiger partial charge in [-0.15, -0.1) is 0 Å². The highest BCUT2D eigenvalue weighted by molar-refractivity contribution is 4.92. The van der Waals surface area contributed by atoms with Crippen LogP contribution in [0.2, 0.25) is 0 Å². The second-order valence-corrected chi connectivity index (χ2v) is 4.02. The van der Waals surface area contributed by atoms with Crippen molar-refractivity contribution < 1.29 is 0 Å². The summed E-state index contributed by atoms with van der Waals surface area (Å²) < 4.78 is 0. The number of unbranched alkanes of at least 4 members (excludes halogenated alkanes) is 6. The third-order valence-corrected chi connectivity index (χ3v) is 2.45. The maximum Gasteiger partial charge on any atom is -0.0169 e. The summed E-state index contributed by atoms with van der Waals surface area (Å²) in [6.07, 6.45) is 20.4. The van der Waals surface area contributed by atoms with Crippen molar-refractivity contribution in [2.45, 2.75) is 64.7 Å². The van der Waals surface area contributed by atoms with Crippen molar-refractivity contribution in [3.8, 4) is 0 Å². The molecule has 0 fully saturated rings. The standard InChI is InChI=1S/C15H27/c1-3-5-7-9-11-13-15-14-12-10-8-6-4-2/h10,12-13,15H,1,3-9,11,14H2,2H3. The van der Waals surface area contributed by atoms with Crippen LogP contribution >= 0.6 is 0 Å². The second-order valence-electron chi connectivity index (χ2n) is 4.02. The quantitative estimate of drug-likeness (QED) is 0.329. The number of hydrogen-bond acceptors (Lipinski definition) is 0. The molecule has 0 saturated carbocycles. The normalized spacial score (nSPS) is 11.9. The fourth-order valence-corrected chi connectivity index (χ4v) is 1.44. The zero-order chi connectivity index (χ0) is 11.2. The first-order valence-corrected chi connectivity index (χ1v) is 6.51. The molecule has 0 aliphatic heterocycles. The van der Waals surface area contributed by atoms with Gasteiger partial charge in [0.05, 0.1) is 0 Å². The third-order valence-electron chi connectivity index (χ3n) is 2.45. The molecular weight excluding hydrogens is 180 g/mol. The van der Waals surface area contributed by atoms with Gasteiger partial charge in [-0.1, -0.05) is 70.3 Å². The molecule has 0 bridgehead atoms. The number of allylic oxidation sites excluding steroid dienone is 4. The van der Waals surface area contributed by atoms with Crippen LogP contribution in [0.3, 0.4) is 0 Å². The van der Waals surface area contributed by atoms with E-state index in [1.807, 2.05) is 0 Å². The van der Waals surface area contributed by atoms with Crippen molar-refractivity contribution in [3.63, 3.8) is 0 Å².